The van der Waals surface area contributed by atoms with Crippen LogP contribution in [0.1, 0.15) is 37.2 Å². The molecule has 0 aromatic heterocycles. The van der Waals surface area contributed by atoms with E-state index in [0.29, 0.717) is 12.5 Å². The number of hydrogen-bond donors (Lipinski definition) is 2. The summed E-state index contributed by atoms with van der Waals surface area (Å²) >= 11 is 0. The summed E-state index contributed by atoms with van der Waals surface area (Å²) in [4.78, 5) is 12.1. The van der Waals surface area contributed by atoms with Gasteiger partial charge in [-0.1, -0.05) is 36.8 Å². The van der Waals surface area contributed by atoms with E-state index in [2.05, 4.69) is 10.0 Å². The molecule has 0 aliphatic heterocycles. The van der Waals surface area contributed by atoms with Crippen LogP contribution in [0.15, 0.2) is 30.3 Å². The van der Waals surface area contributed by atoms with Crippen molar-refractivity contribution >= 4 is 15.9 Å². The van der Waals surface area contributed by atoms with Crippen LogP contribution < -0.4 is 10.0 Å². The van der Waals surface area contributed by atoms with Gasteiger partial charge in [-0.3, -0.25) is 4.79 Å². The van der Waals surface area contributed by atoms with Crippen molar-refractivity contribution in [3.8, 4) is 0 Å². The molecule has 23 heavy (non-hydrogen) atoms. The van der Waals surface area contributed by atoms with Gasteiger partial charge in [0.25, 0.3) is 0 Å². The molecule has 0 bridgehead atoms. The molecule has 2 aliphatic carbocycles. The molecule has 5 nitrogen and oxygen atoms in total. The number of rotatable bonds is 8. The van der Waals surface area contributed by atoms with Crippen LogP contribution in [0.2, 0.25) is 0 Å². The number of sulfonamides is 1. The first kappa shape index (κ1) is 16.5. The predicted molar refractivity (Wildman–Crippen MR) is 89.4 cm³/mol. The Morgan fingerprint density at radius 2 is 1.91 bits per heavy atom. The van der Waals surface area contributed by atoms with Crippen molar-refractivity contribution < 1.29 is 13.2 Å². The van der Waals surface area contributed by atoms with E-state index in [1.54, 1.807) is 0 Å². The summed E-state index contributed by atoms with van der Waals surface area (Å²) in [6.45, 7) is 0.714. The van der Waals surface area contributed by atoms with Crippen molar-refractivity contribution in [3.63, 3.8) is 0 Å². The van der Waals surface area contributed by atoms with Gasteiger partial charge >= 0.3 is 0 Å². The topological polar surface area (TPSA) is 75.3 Å². The Labute approximate surface area is 137 Å². The van der Waals surface area contributed by atoms with E-state index >= 15 is 0 Å². The van der Waals surface area contributed by atoms with Gasteiger partial charge in [-0.25, -0.2) is 13.1 Å². The van der Waals surface area contributed by atoms with E-state index in [1.807, 2.05) is 30.3 Å². The largest absolute Gasteiger partial charge is 0.355 e. The lowest BCUT2D eigenvalue weighted by atomic mass is 9.86. The number of benzene rings is 1. The van der Waals surface area contributed by atoms with E-state index in [-0.39, 0.29) is 30.0 Å². The first-order valence-corrected chi connectivity index (χ1v) is 10.0. The molecule has 0 unspecified atom stereocenters. The van der Waals surface area contributed by atoms with E-state index in [1.165, 1.54) is 12.0 Å². The van der Waals surface area contributed by atoms with Crippen LogP contribution in [0.5, 0.6) is 0 Å². The van der Waals surface area contributed by atoms with Crippen LogP contribution in [-0.2, 0) is 14.8 Å². The van der Waals surface area contributed by atoms with Crippen LogP contribution in [0.4, 0.5) is 0 Å². The monoisotopic (exact) mass is 336 g/mol. The zero-order chi connectivity index (χ0) is 16.3. The van der Waals surface area contributed by atoms with Crippen LogP contribution in [-0.4, -0.2) is 33.2 Å². The summed E-state index contributed by atoms with van der Waals surface area (Å²) in [6, 6.07) is 9.98. The summed E-state index contributed by atoms with van der Waals surface area (Å²) in [7, 11) is -3.28. The number of amides is 1. The Morgan fingerprint density at radius 1 is 1.17 bits per heavy atom. The molecule has 3 rings (SSSR count). The van der Waals surface area contributed by atoms with Gasteiger partial charge in [0.2, 0.25) is 15.9 Å². The molecule has 1 amide bonds. The van der Waals surface area contributed by atoms with Crippen molar-refractivity contribution in [1.29, 1.82) is 0 Å². The SMILES string of the molecule is O=C(NCCS(=O)(=O)NCC1CCC1)[C@H]1C[C@H]1c1ccccc1. The molecule has 1 aromatic rings. The zero-order valence-electron chi connectivity index (χ0n) is 13.2. The van der Waals surface area contributed by atoms with Gasteiger partial charge in [-0.15, -0.1) is 0 Å². The number of carbonyl (C=O) groups is 1. The van der Waals surface area contributed by atoms with Crippen molar-refractivity contribution in [1.82, 2.24) is 10.0 Å². The first-order valence-electron chi connectivity index (χ1n) is 8.35. The van der Waals surface area contributed by atoms with Gasteiger partial charge in [0, 0.05) is 19.0 Å². The Bertz CT molecular complexity index is 641. The van der Waals surface area contributed by atoms with E-state index < -0.39 is 10.0 Å². The van der Waals surface area contributed by atoms with Crippen molar-refractivity contribution in [3.05, 3.63) is 35.9 Å². The molecule has 0 heterocycles. The summed E-state index contributed by atoms with van der Waals surface area (Å²) in [5.74, 6) is 0.687. The van der Waals surface area contributed by atoms with Crippen molar-refractivity contribution in [2.45, 2.75) is 31.6 Å². The Hall–Kier alpha value is -1.40. The lowest BCUT2D eigenvalue weighted by molar-refractivity contribution is -0.122. The minimum atomic E-state index is -3.28. The second-order valence-electron chi connectivity index (χ2n) is 6.61. The summed E-state index contributed by atoms with van der Waals surface area (Å²) in [5, 5.41) is 2.76. The van der Waals surface area contributed by atoms with E-state index in [0.717, 1.165) is 19.3 Å². The molecule has 0 radical (unpaired) electrons. The molecule has 0 spiro atoms. The molecular weight excluding hydrogens is 312 g/mol. The number of carbonyl (C=O) groups excluding carboxylic acids is 1. The van der Waals surface area contributed by atoms with Gasteiger partial charge < -0.3 is 5.32 Å². The van der Waals surface area contributed by atoms with Gasteiger partial charge in [-0.2, -0.15) is 0 Å². The minimum Gasteiger partial charge on any atom is -0.355 e. The lowest BCUT2D eigenvalue weighted by Crippen LogP contribution is -2.38. The molecule has 126 valence electrons. The molecule has 0 saturated heterocycles. The molecule has 2 N–H and O–H groups in total. The molecule has 1 aromatic carbocycles. The third kappa shape index (κ3) is 4.54. The van der Waals surface area contributed by atoms with Crippen LogP contribution in [0.3, 0.4) is 0 Å². The maximum absolute atomic E-state index is 12.1. The smallest absolute Gasteiger partial charge is 0.223 e. The highest BCUT2D eigenvalue weighted by atomic mass is 32.2. The highest BCUT2D eigenvalue weighted by molar-refractivity contribution is 7.89. The van der Waals surface area contributed by atoms with Crippen molar-refractivity contribution in [2.24, 2.45) is 11.8 Å². The first-order chi connectivity index (χ1) is 11.1. The van der Waals surface area contributed by atoms with Gasteiger partial charge in [0.05, 0.1) is 5.75 Å². The molecule has 6 heteroatoms. The van der Waals surface area contributed by atoms with E-state index in [9.17, 15) is 13.2 Å². The third-order valence-electron chi connectivity index (χ3n) is 4.84. The molecule has 2 atom stereocenters. The normalized spacial score (nSPS) is 24.0. The van der Waals surface area contributed by atoms with Crippen LogP contribution >= 0.6 is 0 Å². The third-order valence-corrected chi connectivity index (χ3v) is 6.19. The average Bonchev–Trinajstić information content (AvgIpc) is 3.26. The quantitative estimate of drug-likeness (QED) is 0.757. The van der Waals surface area contributed by atoms with Crippen LogP contribution in [0.25, 0.3) is 0 Å². The predicted octanol–water partition coefficient (Wildman–Crippen LogP) is 1.63. The fourth-order valence-corrected chi connectivity index (χ4v) is 4.01. The van der Waals surface area contributed by atoms with E-state index in [4.69, 9.17) is 0 Å². The second-order valence-corrected chi connectivity index (χ2v) is 8.54. The molecule has 2 saturated carbocycles. The minimum absolute atomic E-state index is 0.0111. The highest BCUT2D eigenvalue weighted by Gasteiger charge is 2.43. The molecular formula is C17H24N2O3S. The zero-order valence-corrected chi connectivity index (χ0v) is 14.0. The van der Waals surface area contributed by atoms with Gasteiger partial charge in [-0.05, 0) is 36.7 Å². The second kappa shape index (κ2) is 7.01. The Morgan fingerprint density at radius 3 is 2.57 bits per heavy atom. The molecule has 2 fully saturated rings. The number of nitrogens with one attached hydrogen (secondary N) is 2. The van der Waals surface area contributed by atoms with Crippen molar-refractivity contribution in [2.75, 3.05) is 18.8 Å². The fourth-order valence-electron chi connectivity index (χ4n) is 3.01. The Kier molecular flexibility index (Phi) is 5.02. The summed E-state index contributed by atoms with van der Waals surface area (Å²) in [6.07, 6.45) is 4.28. The van der Waals surface area contributed by atoms with Gasteiger partial charge in [0.15, 0.2) is 0 Å². The maximum Gasteiger partial charge on any atom is 0.223 e. The highest BCUT2D eigenvalue weighted by Crippen LogP contribution is 2.47. The average molecular weight is 336 g/mol. The van der Waals surface area contributed by atoms with Crippen LogP contribution in [0, 0.1) is 11.8 Å². The summed E-state index contributed by atoms with van der Waals surface area (Å²) < 4.78 is 26.4. The fraction of sp³-hybridized carbons (Fsp3) is 0.588. The standard InChI is InChI=1S/C17H24N2O3S/c20-17(16-11-15(16)14-7-2-1-3-8-14)18-9-10-23(21,22)19-12-13-5-4-6-13/h1-3,7-8,13,15-16,19H,4-6,9-12H2,(H,18,20)/t15-,16-/m0/s1. The Balaban J connectivity index is 1.36. The maximum atomic E-state index is 12.1. The number of hydrogen-bond acceptors (Lipinski definition) is 3. The van der Waals surface area contributed by atoms with Gasteiger partial charge in [0.1, 0.15) is 0 Å². The lowest BCUT2D eigenvalue weighted by Gasteiger charge is -2.25. The summed E-state index contributed by atoms with van der Waals surface area (Å²) in [5.41, 5.74) is 1.18. The molecule has 2 aliphatic rings.